The molecule has 1 nitrogen and oxygen atoms in total. The summed E-state index contributed by atoms with van der Waals surface area (Å²) in [6, 6.07) is 0. The number of nitrogens with two attached hydrogens (primary N) is 1. The van der Waals surface area contributed by atoms with Gasteiger partial charge in [0.25, 0.3) is 0 Å². The number of allylic oxidation sites excluding steroid dienone is 4. The van der Waals surface area contributed by atoms with E-state index in [1.165, 1.54) is 25.0 Å². The van der Waals surface area contributed by atoms with Crippen molar-refractivity contribution < 1.29 is 5.32 Å². The monoisotopic (exact) mass is 194 g/mol. The topological polar surface area (TPSA) is 16.6 Å². The summed E-state index contributed by atoms with van der Waals surface area (Å²) in [5.74, 6) is 0.701. The normalized spacial score (nSPS) is 22.5. The number of quaternary nitrogens is 1. The zero-order chi connectivity index (χ0) is 10.7. The molecule has 0 bridgehead atoms. The minimum atomic E-state index is 0.701. The molecule has 0 saturated heterocycles. The highest BCUT2D eigenvalue weighted by Crippen LogP contribution is 2.38. The molecule has 1 unspecified atom stereocenters. The van der Waals surface area contributed by atoms with Crippen LogP contribution >= 0.6 is 0 Å². The molecule has 0 aromatic carbocycles. The second kappa shape index (κ2) is 4.79. The Balaban J connectivity index is 2.63. The lowest BCUT2D eigenvalue weighted by Crippen LogP contribution is -2.79. The van der Waals surface area contributed by atoms with Crippen LogP contribution in [-0.2, 0) is 0 Å². The molecule has 14 heavy (non-hydrogen) atoms. The third kappa shape index (κ3) is 2.09. The molecule has 0 aromatic heterocycles. The Morgan fingerprint density at radius 2 is 1.79 bits per heavy atom. The van der Waals surface area contributed by atoms with Crippen LogP contribution in [0.3, 0.4) is 0 Å². The van der Waals surface area contributed by atoms with Gasteiger partial charge in [0.1, 0.15) is 0 Å². The summed E-state index contributed by atoms with van der Waals surface area (Å²) in [6.07, 6.45) is 2.60. The maximum atomic E-state index is 2.35. The van der Waals surface area contributed by atoms with E-state index >= 15 is 0 Å². The van der Waals surface area contributed by atoms with Crippen LogP contribution in [-0.4, -0.2) is 13.6 Å². The smallest absolute Gasteiger partial charge is 0.0756 e. The van der Waals surface area contributed by atoms with Crippen LogP contribution in [0, 0.1) is 5.92 Å². The van der Waals surface area contributed by atoms with Gasteiger partial charge in [0, 0.05) is 6.42 Å². The molecule has 1 heteroatoms. The highest BCUT2D eigenvalue weighted by Gasteiger charge is 2.22. The van der Waals surface area contributed by atoms with Gasteiger partial charge in [0.15, 0.2) is 0 Å². The Bertz CT molecular complexity index is 271. The third-order valence-corrected chi connectivity index (χ3v) is 3.75. The van der Waals surface area contributed by atoms with Crippen LogP contribution in [0.5, 0.6) is 0 Å². The molecule has 2 N–H and O–H groups in total. The quantitative estimate of drug-likeness (QED) is 0.661. The molecule has 0 amide bonds. The molecule has 80 valence electrons. The Kier molecular flexibility index (Phi) is 3.94. The van der Waals surface area contributed by atoms with E-state index in [9.17, 15) is 0 Å². The zero-order valence-electron chi connectivity index (χ0n) is 10.3. The molecule has 1 atom stereocenters. The molecule has 0 aromatic rings. The predicted octanol–water partition coefficient (Wildman–Crippen LogP) is 2.26. The van der Waals surface area contributed by atoms with Gasteiger partial charge in [-0.2, -0.15) is 0 Å². The molecule has 0 spiro atoms. The first-order valence-corrected chi connectivity index (χ1v) is 5.74. The molecule has 0 saturated carbocycles. The average Bonchev–Trinajstić information content (AvgIpc) is 2.35. The van der Waals surface area contributed by atoms with Gasteiger partial charge in [-0.1, -0.05) is 18.1 Å². The summed E-state index contributed by atoms with van der Waals surface area (Å²) in [6.45, 7) is 10.4. The summed E-state index contributed by atoms with van der Waals surface area (Å²) in [5, 5.41) is 2.27. The number of rotatable bonds is 4. The first-order valence-electron chi connectivity index (χ1n) is 5.74. The van der Waals surface area contributed by atoms with E-state index < -0.39 is 0 Å². The molecule has 0 fully saturated rings. The lowest BCUT2D eigenvalue weighted by Gasteiger charge is -2.11. The lowest BCUT2D eigenvalue weighted by molar-refractivity contribution is -0.627. The van der Waals surface area contributed by atoms with Crippen molar-refractivity contribution in [1.29, 1.82) is 0 Å². The first-order chi connectivity index (χ1) is 6.59. The summed E-state index contributed by atoms with van der Waals surface area (Å²) < 4.78 is 0. The van der Waals surface area contributed by atoms with Gasteiger partial charge >= 0.3 is 0 Å². The van der Waals surface area contributed by atoms with Gasteiger partial charge < -0.3 is 5.32 Å². The van der Waals surface area contributed by atoms with Crippen LogP contribution < -0.4 is 5.32 Å². The number of hydrogen-bond acceptors (Lipinski definition) is 0. The standard InChI is InChI=1S/C13H23N/c1-9-10(2)12(4)13(11(9)3)7-6-8-14-5/h11,14H,6-8H2,1-5H3/p+1. The zero-order valence-corrected chi connectivity index (χ0v) is 10.3. The summed E-state index contributed by atoms with van der Waals surface area (Å²) in [4.78, 5) is 0. The molecule has 1 aliphatic carbocycles. The fourth-order valence-corrected chi connectivity index (χ4v) is 2.35. The largest absolute Gasteiger partial charge is 0.349 e. The molecule has 1 rings (SSSR count). The lowest BCUT2D eigenvalue weighted by atomic mass is 9.94. The van der Waals surface area contributed by atoms with E-state index in [0.717, 1.165) is 0 Å². The van der Waals surface area contributed by atoms with Crippen molar-refractivity contribution in [2.45, 2.75) is 40.5 Å². The molecule has 0 heterocycles. The molecular formula is C13H24N+. The van der Waals surface area contributed by atoms with Crippen LogP contribution in [0.25, 0.3) is 0 Å². The molecule has 1 aliphatic rings. The van der Waals surface area contributed by atoms with Gasteiger partial charge in [-0.25, -0.2) is 0 Å². The average molecular weight is 194 g/mol. The summed E-state index contributed by atoms with van der Waals surface area (Å²) in [5.41, 5.74) is 6.36. The third-order valence-electron chi connectivity index (χ3n) is 3.75. The maximum Gasteiger partial charge on any atom is 0.0756 e. The van der Waals surface area contributed by atoms with Crippen molar-refractivity contribution in [2.24, 2.45) is 5.92 Å². The Labute approximate surface area is 88.3 Å². The van der Waals surface area contributed by atoms with Crippen molar-refractivity contribution in [3.63, 3.8) is 0 Å². The molecule has 0 aliphatic heterocycles. The van der Waals surface area contributed by atoms with E-state index in [4.69, 9.17) is 0 Å². The SMILES string of the molecule is C[NH2+]CCCC1=C(C)C(C)=C(C)C1C. The van der Waals surface area contributed by atoms with Crippen LogP contribution in [0.2, 0.25) is 0 Å². The summed E-state index contributed by atoms with van der Waals surface area (Å²) in [7, 11) is 2.15. The van der Waals surface area contributed by atoms with Crippen LogP contribution in [0.4, 0.5) is 0 Å². The van der Waals surface area contributed by atoms with E-state index in [2.05, 4.69) is 40.1 Å². The van der Waals surface area contributed by atoms with Gasteiger partial charge in [0.05, 0.1) is 13.6 Å². The molecule has 0 radical (unpaired) electrons. The van der Waals surface area contributed by atoms with Crippen molar-refractivity contribution in [3.05, 3.63) is 22.3 Å². The Hall–Kier alpha value is -0.560. The number of hydrogen-bond donors (Lipinski definition) is 1. The summed E-state index contributed by atoms with van der Waals surface area (Å²) >= 11 is 0. The second-order valence-corrected chi connectivity index (χ2v) is 4.48. The van der Waals surface area contributed by atoms with Crippen LogP contribution in [0.1, 0.15) is 40.5 Å². The Morgan fingerprint density at radius 1 is 1.14 bits per heavy atom. The van der Waals surface area contributed by atoms with E-state index in [-0.39, 0.29) is 0 Å². The van der Waals surface area contributed by atoms with Crippen molar-refractivity contribution in [1.82, 2.24) is 0 Å². The first kappa shape index (κ1) is 11.5. The minimum Gasteiger partial charge on any atom is -0.349 e. The molecular weight excluding hydrogens is 170 g/mol. The Morgan fingerprint density at radius 3 is 2.21 bits per heavy atom. The van der Waals surface area contributed by atoms with Crippen molar-refractivity contribution >= 4 is 0 Å². The predicted molar refractivity (Wildman–Crippen MR) is 62.2 cm³/mol. The van der Waals surface area contributed by atoms with E-state index in [1.54, 1.807) is 16.7 Å². The van der Waals surface area contributed by atoms with Crippen LogP contribution in [0.15, 0.2) is 22.3 Å². The van der Waals surface area contributed by atoms with Gasteiger partial charge in [-0.05, 0) is 44.3 Å². The fraction of sp³-hybridized carbons (Fsp3) is 0.692. The van der Waals surface area contributed by atoms with Crippen molar-refractivity contribution in [3.8, 4) is 0 Å². The van der Waals surface area contributed by atoms with Gasteiger partial charge in [0.2, 0.25) is 0 Å². The van der Waals surface area contributed by atoms with E-state index in [1.807, 2.05) is 0 Å². The second-order valence-electron chi connectivity index (χ2n) is 4.48. The van der Waals surface area contributed by atoms with Gasteiger partial charge in [-0.3, -0.25) is 0 Å². The van der Waals surface area contributed by atoms with Crippen molar-refractivity contribution in [2.75, 3.05) is 13.6 Å². The van der Waals surface area contributed by atoms with Gasteiger partial charge in [-0.15, -0.1) is 0 Å². The minimum absolute atomic E-state index is 0.701. The highest BCUT2D eigenvalue weighted by atomic mass is 14.8. The maximum absolute atomic E-state index is 2.35. The highest BCUT2D eigenvalue weighted by molar-refractivity contribution is 5.46. The van der Waals surface area contributed by atoms with E-state index in [0.29, 0.717) is 5.92 Å². The fourth-order valence-electron chi connectivity index (χ4n) is 2.35.